The summed E-state index contributed by atoms with van der Waals surface area (Å²) in [5, 5.41) is 1.32. The molecular weight excluding hydrogens is 494 g/mol. The number of aromatic nitrogens is 1. The van der Waals surface area contributed by atoms with Crippen LogP contribution in [-0.4, -0.2) is 30.0 Å². The number of esters is 1. The maximum Gasteiger partial charge on any atom is 0.305 e. The molecule has 1 aromatic heterocycles. The number of fused-ring (bicyclic) bond motifs is 5. The van der Waals surface area contributed by atoms with Crippen LogP contribution in [0.1, 0.15) is 54.9 Å². The molecule has 2 aromatic carbocycles. The number of pyridine rings is 1. The molecule has 0 saturated carbocycles. The summed E-state index contributed by atoms with van der Waals surface area (Å²) in [6.07, 6.45) is 3.95. The van der Waals surface area contributed by atoms with Gasteiger partial charge in [-0.2, -0.15) is 0 Å². The Hall–Kier alpha value is -2.44. The van der Waals surface area contributed by atoms with Crippen LogP contribution < -0.4 is 4.74 Å². The highest BCUT2D eigenvalue weighted by Crippen LogP contribution is 2.45. The second-order valence-corrected chi connectivity index (χ2v) is 9.02. The van der Waals surface area contributed by atoms with Crippen LogP contribution in [0.25, 0.3) is 22.0 Å². The molecule has 4 rings (SSSR count). The van der Waals surface area contributed by atoms with Crippen molar-refractivity contribution in [3.8, 4) is 17.0 Å². The first-order valence-electron chi connectivity index (χ1n) is 10.8. The molecule has 5 nitrogen and oxygen atoms in total. The number of halogens is 2. The summed E-state index contributed by atoms with van der Waals surface area (Å²) in [6, 6.07) is 11.0. The lowest BCUT2D eigenvalue weighted by Gasteiger charge is -2.13. The van der Waals surface area contributed by atoms with Crippen LogP contribution in [-0.2, 0) is 9.53 Å². The Balaban J connectivity index is 1.52. The van der Waals surface area contributed by atoms with Crippen molar-refractivity contribution in [1.82, 2.24) is 4.98 Å². The summed E-state index contributed by atoms with van der Waals surface area (Å²) in [7, 11) is 0. The third-order valence-electron chi connectivity index (χ3n) is 5.46. The Kier molecular flexibility index (Phi) is 7.11. The third-order valence-corrected chi connectivity index (χ3v) is 6.19. The average Bonchev–Trinajstić information content (AvgIpc) is 3.05. The van der Waals surface area contributed by atoms with Crippen molar-refractivity contribution >= 4 is 50.2 Å². The Morgan fingerprint density at radius 1 is 1.03 bits per heavy atom. The van der Waals surface area contributed by atoms with Gasteiger partial charge in [0.15, 0.2) is 5.78 Å². The van der Waals surface area contributed by atoms with Crippen LogP contribution in [0.2, 0.25) is 5.02 Å². The van der Waals surface area contributed by atoms with E-state index in [1.165, 1.54) is 0 Å². The van der Waals surface area contributed by atoms with E-state index in [9.17, 15) is 9.59 Å². The molecule has 0 atom stereocenters. The van der Waals surface area contributed by atoms with Crippen molar-refractivity contribution in [2.45, 2.75) is 39.0 Å². The topological polar surface area (TPSA) is 65.5 Å². The number of hydrogen-bond donors (Lipinski definition) is 0. The SMILES string of the molecule is CCOC(=O)CCCCCCOc1nc2cc(Br)ccc2c2c1-c1ccc(Cl)cc1C2=O. The maximum absolute atomic E-state index is 13.2. The number of carbonyl (C=O) groups excluding carboxylic acids is 2. The maximum atomic E-state index is 13.2. The zero-order valence-corrected chi connectivity index (χ0v) is 20.1. The third kappa shape index (κ3) is 4.66. The normalized spacial score (nSPS) is 12.0. The van der Waals surface area contributed by atoms with Gasteiger partial charge in [0.2, 0.25) is 5.88 Å². The summed E-state index contributed by atoms with van der Waals surface area (Å²) < 4.78 is 11.9. The number of unbranched alkanes of at least 4 members (excludes halogenated alkanes) is 3. The van der Waals surface area contributed by atoms with Crippen molar-refractivity contribution in [2.75, 3.05) is 13.2 Å². The Morgan fingerprint density at radius 2 is 1.84 bits per heavy atom. The minimum absolute atomic E-state index is 0.0592. The lowest BCUT2D eigenvalue weighted by atomic mass is 10.0. The van der Waals surface area contributed by atoms with Gasteiger partial charge in [-0.1, -0.05) is 52.5 Å². The molecule has 166 valence electrons. The van der Waals surface area contributed by atoms with E-state index < -0.39 is 0 Å². The zero-order valence-electron chi connectivity index (χ0n) is 17.7. The lowest BCUT2D eigenvalue weighted by molar-refractivity contribution is -0.143. The van der Waals surface area contributed by atoms with Crippen molar-refractivity contribution in [3.63, 3.8) is 0 Å². The Morgan fingerprint density at radius 3 is 2.66 bits per heavy atom. The molecule has 3 aromatic rings. The van der Waals surface area contributed by atoms with Crippen molar-refractivity contribution in [2.24, 2.45) is 0 Å². The quantitative estimate of drug-likeness (QED) is 0.182. The van der Waals surface area contributed by atoms with E-state index >= 15 is 0 Å². The predicted octanol–water partition coefficient (Wildman–Crippen LogP) is 6.75. The minimum atomic E-state index is -0.144. The highest BCUT2D eigenvalue weighted by Gasteiger charge is 2.33. The zero-order chi connectivity index (χ0) is 22.7. The van der Waals surface area contributed by atoms with Gasteiger partial charge in [0.1, 0.15) is 0 Å². The molecule has 1 aliphatic rings. The fourth-order valence-corrected chi connectivity index (χ4v) is 4.51. The van der Waals surface area contributed by atoms with Gasteiger partial charge in [0.25, 0.3) is 0 Å². The fourth-order valence-electron chi connectivity index (χ4n) is 3.99. The van der Waals surface area contributed by atoms with Crippen molar-refractivity contribution in [1.29, 1.82) is 0 Å². The first-order valence-corrected chi connectivity index (χ1v) is 11.9. The second kappa shape index (κ2) is 10.0. The molecule has 32 heavy (non-hydrogen) atoms. The van der Waals surface area contributed by atoms with Gasteiger partial charge in [-0.3, -0.25) is 9.59 Å². The van der Waals surface area contributed by atoms with Crippen molar-refractivity contribution < 1.29 is 19.1 Å². The van der Waals surface area contributed by atoms with Gasteiger partial charge in [0.05, 0.1) is 24.3 Å². The van der Waals surface area contributed by atoms with E-state index in [-0.39, 0.29) is 11.8 Å². The number of nitrogens with zero attached hydrogens (tertiary/aromatic N) is 1. The van der Waals surface area contributed by atoms with E-state index in [0.717, 1.165) is 46.7 Å². The Labute approximate surface area is 200 Å². The average molecular weight is 517 g/mol. The minimum Gasteiger partial charge on any atom is -0.477 e. The van der Waals surface area contributed by atoms with E-state index in [2.05, 4.69) is 15.9 Å². The van der Waals surface area contributed by atoms with Crippen LogP contribution >= 0.6 is 27.5 Å². The number of ether oxygens (including phenoxy) is 2. The molecule has 7 heteroatoms. The van der Waals surface area contributed by atoms with Gasteiger partial charge in [-0.05, 0) is 49.6 Å². The first-order chi connectivity index (χ1) is 15.5. The number of rotatable bonds is 9. The lowest BCUT2D eigenvalue weighted by Crippen LogP contribution is -2.04. The highest BCUT2D eigenvalue weighted by molar-refractivity contribution is 9.10. The van der Waals surface area contributed by atoms with Gasteiger partial charge in [-0.25, -0.2) is 4.98 Å². The molecule has 0 spiro atoms. The predicted molar refractivity (Wildman–Crippen MR) is 129 cm³/mol. The first kappa shape index (κ1) is 22.7. The molecular formula is C25H23BrClNO4. The van der Waals surface area contributed by atoms with E-state index in [1.54, 1.807) is 12.1 Å². The molecule has 0 saturated heterocycles. The summed E-state index contributed by atoms with van der Waals surface area (Å²) in [5.41, 5.74) is 3.43. The Bertz CT molecular complexity index is 1190. The number of carbonyl (C=O) groups is 2. The van der Waals surface area contributed by atoms with Gasteiger partial charge in [0, 0.05) is 32.4 Å². The molecule has 1 heterocycles. The summed E-state index contributed by atoms with van der Waals surface area (Å²) in [6.45, 7) is 2.71. The van der Waals surface area contributed by atoms with E-state index in [1.807, 2.05) is 31.2 Å². The molecule has 0 radical (unpaired) electrons. The molecule has 0 amide bonds. The van der Waals surface area contributed by atoms with Crippen LogP contribution in [0.15, 0.2) is 40.9 Å². The summed E-state index contributed by atoms with van der Waals surface area (Å²) >= 11 is 9.64. The molecule has 0 N–H and O–H groups in total. The largest absolute Gasteiger partial charge is 0.477 e. The standard InChI is InChI=1S/C25H23BrClNO4/c1-2-31-21(29)7-5-3-4-6-12-32-25-23-17-11-9-16(27)14-19(17)24(30)22(23)18-10-8-15(26)13-20(18)28-25/h8-11,13-14H,2-7,12H2,1H3. The van der Waals surface area contributed by atoms with E-state index in [4.69, 9.17) is 26.1 Å². The van der Waals surface area contributed by atoms with Crippen LogP contribution in [0.5, 0.6) is 5.88 Å². The number of benzene rings is 2. The molecule has 0 aliphatic heterocycles. The number of hydrogen-bond acceptors (Lipinski definition) is 5. The monoisotopic (exact) mass is 515 g/mol. The fraction of sp³-hybridized carbons (Fsp3) is 0.320. The van der Waals surface area contributed by atoms with Gasteiger partial charge < -0.3 is 9.47 Å². The summed E-state index contributed by atoms with van der Waals surface area (Å²) in [4.78, 5) is 29.4. The molecule has 0 unspecified atom stereocenters. The van der Waals surface area contributed by atoms with E-state index in [0.29, 0.717) is 47.2 Å². The van der Waals surface area contributed by atoms with Crippen molar-refractivity contribution in [3.05, 3.63) is 57.0 Å². The number of ketones is 1. The summed E-state index contributed by atoms with van der Waals surface area (Å²) in [5.74, 6) is 0.261. The molecule has 1 aliphatic carbocycles. The van der Waals surface area contributed by atoms with Gasteiger partial charge in [-0.15, -0.1) is 0 Å². The van der Waals surface area contributed by atoms with Crippen LogP contribution in [0, 0.1) is 0 Å². The van der Waals surface area contributed by atoms with Crippen LogP contribution in [0.4, 0.5) is 0 Å². The highest BCUT2D eigenvalue weighted by atomic mass is 79.9. The molecule has 0 bridgehead atoms. The van der Waals surface area contributed by atoms with Crippen LogP contribution in [0.3, 0.4) is 0 Å². The second-order valence-electron chi connectivity index (χ2n) is 7.67. The smallest absolute Gasteiger partial charge is 0.305 e. The molecule has 0 fully saturated rings. The van der Waals surface area contributed by atoms with Gasteiger partial charge >= 0.3 is 5.97 Å².